The lowest BCUT2D eigenvalue weighted by Crippen LogP contribution is -1.60. The quantitative estimate of drug-likeness (QED) is 0.271. The highest BCUT2D eigenvalue weighted by molar-refractivity contribution is 5.26. The van der Waals surface area contributed by atoms with Crippen LogP contribution in [0.4, 0.5) is 0 Å². The van der Waals surface area contributed by atoms with Gasteiger partial charge in [-0.25, -0.2) is 10.2 Å². The van der Waals surface area contributed by atoms with Crippen molar-refractivity contribution in [3.8, 4) is 0 Å². The molecule has 3 nitrogen and oxygen atoms in total. The molecule has 3 heteroatoms. The van der Waals surface area contributed by atoms with Gasteiger partial charge in [0.1, 0.15) is 0 Å². The summed E-state index contributed by atoms with van der Waals surface area (Å²) >= 11 is 0. The van der Waals surface area contributed by atoms with Gasteiger partial charge in [0.15, 0.2) is 0 Å². The van der Waals surface area contributed by atoms with Gasteiger partial charge in [-0.3, -0.25) is 0 Å². The number of epoxide rings is 1. The summed E-state index contributed by atoms with van der Waals surface area (Å²) in [5.74, 6) is 0. The Balaban J connectivity index is 0.000000110. The number of hydrogen-bond donors (Lipinski definition) is 1. The second-order valence-corrected chi connectivity index (χ2v) is 1.25. The highest BCUT2D eigenvalue weighted by atomic mass is 16.6. The zero-order valence-electron chi connectivity index (χ0n) is 4.10. The zero-order valence-corrected chi connectivity index (χ0v) is 4.10. The minimum atomic E-state index is 0.583. The van der Waals surface area contributed by atoms with E-state index in [4.69, 9.17) is 14.9 Å². The van der Waals surface area contributed by atoms with Crippen molar-refractivity contribution in [1.82, 2.24) is 0 Å². The van der Waals surface area contributed by atoms with Crippen LogP contribution in [0.2, 0.25) is 0 Å². The Morgan fingerprint density at radius 1 is 2.00 bits per heavy atom. The van der Waals surface area contributed by atoms with Crippen LogP contribution in [0.5, 0.6) is 0 Å². The molecule has 1 N–H and O–H groups in total. The lowest BCUT2D eigenvalue weighted by molar-refractivity contribution is 0.423. The van der Waals surface area contributed by atoms with Crippen molar-refractivity contribution in [2.75, 3.05) is 6.61 Å². The maximum absolute atomic E-state index is 8.35. The molecule has 1 atom stereocenters. The van der Waals surface area contributed by atoms with E-state index in [1.54, 1.807) is 0 Å². The van der Waals surface area contributed by atoms with Gasteiger partial charge in [0.05, 0.1) is 12.7 Å². The Bertz CT molecular complexity index is 71.8. The first kappa shape index (κ1) is 6.34. The van der Waals surface area contributed by atoms with E-state index in [2.05, 4.69) is 6.92 Å². The molecule has 1 heterocycles. The molecule has 1 unspecified atom stereocenters. The van der Waals surface area contributed by atoms with Crippen LogP contribution >= 0.6 is 0 Å². The standard InChI is InChI=1S/C3H6O.CHNO/c1-3-2-4-3;2-1-3/h3H,2H2,1H3;2H. The lowest BCUT2D eigenvalue weighted by Gasteiger charge is -1.50. The van der Waals surface area contributed by atoms with Crippen molar-refractivity contribution >= 4 is 6.08 Å². The molecule has 0 aliphatic carbocycles. The van der Waals surface area contributed by atoms with Gasteiger partial charge < -0.3 is 4.74 Å². The maximum Gasteiger partial charge on any atom is 0.231 e. The van der Waals surface area contributed by atoms with Gasteiger partial charge in [0.25, 0.3) is 0 Å². The van der Waals surface area contributed by atoms with Crippen molar-refractivity contribution in [3.63, 3.8) is 0 Å². The summed E-state index contributed by atoms with van der Waals surface area (Å²) < 4.78 is 4.71. The number of rotatable bonds is 0. The van der Waals surface area contributed by atoms with Crippen LogP contribution in [0.25, 0.3) is 0 Å². The SMILES string of the molecule is CC1CO1.N=C=O. The molecule has 1 saturated heterocycles. The molecule has 0 spiro atoms. The van der Waals surface area contributed by atoms with E-state index < -0.39 is 0 Å². The summed E-state index contributed by atoms with van der Waals surface area (Å²) in [4.78, 5) is 8.35. The fourth-order valence-electron chi connectivity index (χ4n) is 0.0962. The van der Waals surface area contributed by atoms with Crippen LogP contribution in [0, 0.1) is 5.41 Å². The van der Waals surface area contributed by atoms with Crippen LogP contribution in [-0.2, 0) is 9.53 Å². The van der Waals surface area contributed by atoms with Crippen molar-refractivity contribution in [2.45, 2.75) is 13.0 Å². The van der Waals surface area contributed by atoms with Crippen LogP contribution in [0.1, 0.15) is 6.92 Å². The number of carbonyl (C=O) groups excluding carboxylic acids is 1. The van der Waals surface area contributed by atoms with E-state index >= 15 is 0 Å². The molecule has 1 aliphatic rings. The first-order valence-electron chi connectivity index (χ1n) is 1.96. The van der Waals surface area contributed by atoms with Gasteiger partial charge >= 0.3 is 0 Å². The van der Waals surface area contributed by atoms with Gasteiger partial charge in [-0.05, 0) is 6.92 Å². The summed E-state index contributed by atoms with van der Waals surface area (Å²) in [7, 11) is 0. The lowest BCUT2D eigenvalue weighted by atomic mass is 10.6. The molecular formula is C4H7NO2. The minimum Gasteiger partial charge on any atom is -0.373 e. The Labute approximate surface area is 41.8 Å². The molecule has 0 radical (unpaired) electrons. The second kappa shape index (κ2) is 3.53. The van der Waals surface area contributed by atoms with Gasteiger partial charge in [-0.15, -0.1) is 0 Å². The number of isocyanates is 1. The van der Waals surface area contributed by atoms with Gasteiger partial charge in [0, 0.05) is 0 Å². The third kappa shape index (κ3) is 10.9. The van der Waals surface area contributed by atoms with Crippen LogP contribution in [0.3, 0.4) is 0 Å². The third-order valence-corrected chi connectivity index (χ3v) is 0.500. The molecule has 0 aromatic carbocycles. The average Bonchev–Trinajstić information content (AvgIpc) is 2.25. The number of ether oxygens (including phenoxy) is 1. The monoisotopic (exact) mass is 101 g/mol. The molecule has 0 aromatic heterocycles. The van der Waals surface area contributed by atoms with Gasteiger partial charge in [0.2, 0.25) is 6.08 Å². The molecule has 0 aromatic rings. The van der Waals surface area contributed by atoms with Crippen molar-refractivity contribution in [3.05, 3.63) is 0 Å². The Kier molecular flexibility index (Phi) is 3.19. The summed E-state index contributed by atoms with van der Waals surface area (Å²) in [5, 5.41) is 5.40. The van der Waals surface area contributed by atoms with E-state index in [0.717, 1.165) is 12.7 Å². The predicted octanol–water partition coefficient (Wildman–Crippen LogP) is 0.306. The van der Waals surface area contributed by atoms with Crippen LogP contribution in [0.15, 0.2) is 0 Å². The highest BCUT2D eigenvalue weighted by Crippen LogP contribution is 2.04. The Hall–Kier alpha value is -0.660. The molecule has 0 bridgehead atoms. The maximum atomic E-state index is 8.35. The van der Waals surface area contributed by atoms with E-state index in [9.17, 15) is 0 Å². The van der Waals surface area contributed by atoms with Crippen LogP contribution in [-0.4, -0.2) is 18.8 Å². The van der Waals surface area contributed by atoms with E-state index in [1.165, 1.54) is 0 Å². The number of hydrogen-bond acceptors (Lipinski definition) is 3. The van der Waals surface area contributed by atoms with Gasteiger partial charge in [-0.2, -0.15) is 0 Å². The minimum absolute atomic E-state index is 0.583. The van der Waals surface area contributed by atoms with Crippen LogP contribution < -0.4 is 0 Å². The van der Waals surface area contributed by atoms with E-state index in [-0.39, 0.29) is 0 Å². The molecule has 1 rings (SSSR count). The average molecular weight is 101 g/mol. The third-order valence-electron chi connectivity index (χ3n) is 0.500. The Morgan fingerprint density at radius 2 is 2.14 bits per heavy atom. The first-order valence-corrected chi connectivity index (χ1v) is 1.96. The fourth-order valence-corrected chi connectivity index (χ4v) is 0.0962. The summed E-state index contributed by atoms with van der Waals surface area (Å²) in [5.41, 5.74) is 0. The number of nitrogens with one attached hydrogen (secondary N) is 1. The second-order valence-electron chi connectivity index (χ2n) is 1.25. The molecular weight excluding hydrogens is 94.0 g/mol. The smallest absolute Gasteiger partial charge is 0.231 e. The van der Waals surface area contributed by atoms with Crippen molar-refractivity contribution in [2.24, 2.45) is 0 Å². The summed E-state index contributed by atoms with van der Waals surface area (Å²) in [6, 6.07) is 0. The van der Waals surface area contributed by atoms with Gasteiger partial charge in [-0.1, -0.05) is 0 Å². The largest absolute Gasteiger partial charge is 0.373 e. The zero-order chi connectivity index (χ0) is 5.70. The molecule has 1 fully saturated rings. The molecule has 7 heavy (non-hydrogen) atoms. The fraction of sp³-hybridized carbons (Fsp3) is 0.750. The Morgan fingerprint density at radius 3 is 2.14 bits per heavy atom. The van der Waals surface area contributed by atoms with Crippen molar-refractivity contribution in [1.29, 1.82) is 5.41 Å². The van der Waals surface area contributed by atoms with Crippen molar-refractivity contribution < 1.29 is 9.53 Å². The molecule has 40 valence electrons. The first-order chi connectivity index (χ1) is 3.31. The normalized spacial score (nSPS) is 23.9. The molecule has 0 amide bonds. The topological polar surface area (TPSA) is 53.5 Å². The molecule has 0 saturated carbocycles. The molecule has 1 aliphatic heterocycles. The summed E-state index contributed by atoms with van der Waals surface area (Å²) in [6.07, 6.45) is 1.33. The highest BCUT2D eigenvalue weighted by Gasteiger charge is 2.13. The van der Waals surface area contributed by atoms with E-state index in [1.807, 2.05) is 0 Å². The van der Waals surface area contributed by atoms with E-state index in [0.29, 0.717) is 6.10 Å². The summed E-state index contributed by atoms with van der Waals surface area (Å²) in [6.45, 7) is 3.04. The predicted molar refractivity (Wildman–Crippen MR) is 23.8 cm³/mol.